The third kappa shape index (κ3) is 7.85. The fourth-order valence-corrected chi connectivity index (χ4v) is 1.54. The summed E-state index contributed by atoms with van der Waals surface area (Å²) < 4.78 is 10.2. The predicted molar refractivity (Wildman–Crippen MR) is 83.9 cm³/mol. The Kier molecular flexibility index (Phi) is 6.56. The molecule has 1 aromatic carbocycles. The number of carbonyl (C=O) groups is 3. The second-order valence-corrected chi connectivity index (χ2v) is 5.93. The highest BCUT2D eigenvalue weighted by Crippen LogP contribution is 2.11. The van der Waals surface area contributed by atoms with Crippen LogP contribution >= 0.6 is 0 Å². The molecule has 7 nitrogen and oxygen atoms in total. The molecule has 0 aliphatic rings. The molecule has 0 aromatic heterocycles. The summed E-state index contributed by atoms with van der Waals surface area (Å²) in [6.45, 7) is 6.29. The summed E-state index contributed by atoms with van der Waals surface area (Å²) in [6, 6.07) is 8.12. The van der Waals surface area contributed by atoms with Crippen LogP contribution in [0.3, 0.4) is 0 Å². The molecule has 0 bridgehead atoms. The number of amides is 3. The average molecular weight is 322 g/mol. The minimum atomic E-state index is -0.867. The molecule has 126 valence electrons. The van der Waals surface area contributed by atoms with E-state index in [0.29, 0.717) is 5.75 Å². The minimum Gasteiger partial charge on any atom is -0.479 e. The molecule has 1 aromatic rings. The fraction of sp³-hybridized carbons (Fsp3) is 0.438. The number of para-hydroxylation sites is 1. The number of hydrogen-bond donors (Lipinski definition) is 2. The molecule has 2 N–H and O–H groups in total. The number of hydrogen-bond acceptors (Lipinski definition) is 5. The summed E-state index contributed by atoms with van der Waals surface area (Å²) in [5, 5.41) is 4.63. The maximum Gasteiger partial charge on any atom is 0.347 e. The number of ether oxygens (including phenoxy) is 2. The third-order valence-electron chi connectivity index (χ3n) is 2.47. The first kappa shape index (κ1) is 18.5. The SMILES string of the molecule is C[C@@H](Oc1ccccc1)C(=O)OCC(=O)NC(=O)NC(C)(C)C. The van der Waals surface area contributed by atoms with Gasteiger partial charge in [0.05, 0.1) is 0 Å². The summed E-state index contributed by atoms with van der Waals surface area (Å²) >= 11 is 0. The topological polar surface area (TPSA) is 93.7 Å². The van der Waals surface area contributed by atoms with Crippen LogP contribution in [-0.2, 0) is 14.3 Å². The molecular weight excluding hydrogens is 300 g/mol. The first-order valence-electron chi connectivity index (χ1n) is 7.18. The van der Waals surface area contributed by atoms with E-state index < -0.39 is 36.2 Å². The van der Waals surface area contributed by atoms with Gasteiger partial charge >= 0.3 is 12.0 Å². The van der Waals surface area contributed by atoms with Crippen molar-refractivity contribution in [2.75, 3.05) is 6.61 Å². The van der Waals surface area contributed by atoms with E-state index in [2.05, 4.69) is 10.6 Å². The van der Waals surface area contributed by atoms with E-state index in [1.165, 1.54) is 6.92 Å². The van der Waals surface area contributed by atoms with Gasteiger partial charge in [0, 0.05) is 5.54 Å². The molecule has 1 atom stereocenters. The molecule has 7 heteroatoms. The van der Waals surface area contributed by atoms with Crippen LogP contribution in [0.4, 0.5) is 4.79 Å². The predicted octanol–water partition coefficient (Wildman–Crippen LogP) is 1.62. The number of nitrogens with one attached hydrogen (secondary N) is 2. The highest BCUT2D eigenvalue weighted by atomic mass is 16.6. The molecule has 0 heterocycles. The highest BCUT2D eigenvalue weighted by molar-refractivity contribution is 5.95. The van der Waals surface area contributed by atoms with Crippen LogP contribution in [0, 0.1) is 0 Å². The van der Waals surface area contributed by atoms with Crippen molar-refractivity contribution in [1.82, 2.24) is 10.6 Å². The lowest BCUT2D eigenvalue weighted by Crippen LogP contribution is -2.49. The van der Waals surface area contributed by atoms with Gasteiger partial charge in [-0.05, 0) is 39.8 Å². The van der Waals surface area contributed by atoms with Gasteiger partial charge in [0.15, 0.2) is 12.7 Å². The monoisotopic (exact) mass is 322 g/mol. The zero-order valence-electron chi connectivity index (χ0n) is 13.7. The largest absolute Gasteiger partial charge is 0.479 e. The van der Waals surface area contributed by atoms with Gasteiger partial charge in [-0.3, -0.25) is 10.1 Å². The second-order valence-electron chi connectivity index (χ2n) is 5.93. The standard InChI is InChI=1S/C16H22N2O5/c1-11(23-12-8-6-5-7-9-12)14(20)22-10-13(19)17-15(21)18-16(2,3)4/h5-9,11H,10H2,1-4H3,(H2,17,18,19,21)/t11-/m1/s1. The number of benzene rings is 1. The van der Waals surface area contributed by atoms with Crippen molar-refractivity contribution < 1.29 is 23.9 Å². The molecule has 0 unspecified atom stereocenters. The van der Waals surface area contributed by atoms with Crippen molar-refractivity contribution in [2.45, 2.75) is 39.3 Å². The zero-order valence-corrected chi connectivity index (χ0v) is 13.7. The molecule has 0 spiro atoms. The van der Waals surface area contributed by atoms with Crippen molar-refractivity contribution >= 4 is 17.9 Å². The number of urea groups is 1. The molecule has 0 saturated heterocycles. The Morgan fingerprint density at radius 3 is 2.30 bits per heavy atom. The quantitative estimate of drug-likeness (QED) is 0.804. The van der Waals surface area contributed by atoms with E-state index in [1.807, 2.05) is 6.07 Å². The van der Waals surface area contributed by atoms with Crippen LogP contribution in [0.15, 0.2) is 30.3 Å². The Morgan fingerprint density at radius 1 is 1.13 bits per heavy atom. The van der Waals surface area contributed by atoms with E-state index in [1.54, 1.807) is 45.0 Å². The van der Waals surface area contributed by atoms with Crippen LogP contribution in [-0.4, -0.2) is 36.2 Å². The van der Waals surface area contributed by atoms with Crippen molar-refractivity contribution in [3.8, 4) is 5.75 Å². The van der Waals surface area contributed by atoms with Crippen LogP contribution in [0.1, 0.15) is 27.7 Å². The molecule has 0 fully saturated rings. The lowest BCUT2D eigenvalue weighted by molar-refractivity contribution is -0.154. The van der Waals surface area contributed by atoms with E-state index in [9.17, 15) is 14.4 Å². The van der Waals surface area contributed by atoms with Gasteiger partial charge in [0.1, 0.15) is 5.75 Å². The van der Waals surface area contributed by atoms with Crippen molar-refractivity contribution in [2.24, 2.45) is 0 Å². The van der Waals surface area contributed by atoms with E-state index >= 15 is 0 Å². The summed E-state index contributed by atoms with van der Waals surface area (Å²) in [7, 11) is 0. The maximum absolute atomic E-state index is 11.7. The summed E-state index contributed by atoms with van der Waals surface area (Å²) in [5.74, 6) is -0.891. The molecule has 1 rings (SSSR count). The van der Waals surface area contributed by atoms with Gasteiger partial charge in [0.2, 0.25) is 0 Å². The lowest BCUT2D eigenvalue weighted by Gasteiger charge is -2.20. The van der Waals surface area contributed by atoms with Crippen LogP contribution < -0.4 is 15.4 Å². The van der Waals surface area contributed by atoms with Gasteiger partial charge in [-0.2, -0.15) is 0 Å². The number of rotatable bonds is 5. The third-order valence-corrected chi connectivity index (χ3v) is 2.47. The smallest absolute Gasteiger partial charge is 0.347 e. The van der Waals surface area contributed by atoms with Crippen LogP contribution in [0.25, 0.3) is 0 Å². The summed E-state index contributed by atoms with van der Waals surface area (Å²) in [6.07, 6.45) is -0.867. The zero-order chi connectivity index (χ0) is 17.5. The van der Waals surface area contributed by atoms with Crippen molar-refractivity contribution in [1.29, 1.82) is 0 Å². The fourth-order valence-electron chi connectivity index (χ4n) is 1.54. The molecule has 0 aliphatic carbocycles. The second kappa shape index (κ2) is 8.17. The Morgan fingerprint density at radius 2 is 1.74 bits per heavy atom. The molecular formula is C16H22N2O5. The molecule has 3 amide bonds. The van der Waals surface area contributed by atoms with Crippen molar-refractivity contribution in [3.63, 3.8) is 0 Å². The highest BCUT2D eigenvalue weighted by Gasteiger charge is 2.19. The lowest BCUT2D eigenvalue weighted by atomic mass is 10.1. The average Bonchev–Trinajstić information content (AvgIpc) is 2.43. The molecule has 23 heavy (non-hydrogen) atoms. The molecule has 0 radical (unpaired) electrons. The maximum atomic E-state index is 11.7. The summed E-state index contributed by atoms with van der Waals surface area (Å²) in [4.78, 5) is 34.8. The van der Waals surface area contributed by atoms with E-state index in [4.69, 9.17) is 9.47 Å². The first-order chi connectivity index (χ1) is 10.7. The van der Waals surface area contributed by atoms with Gasteiger partial charge in [-0.15, -0.1) is 0 Å². The Bertz CT molecular complexity index is 551. The Balaban J connectivity index is 2.34. The Labute approximate surface area is 135 Å². The van der Waals surface area contributed by atoms with E-state index in [0.717, 1.165) is 0 Å². The van der Waals surface area contributed by atoms with E-state index in [-0.39, 0.29) is 0 Å². The number of esters is 1. The first-order valence-corrected chi connectivity index (χ1v) is 7.18. The normalized spacial score (nSPS) is 12.0. The van der Waals surface area contributed by atoms with Gasteiger partial charge in [0.25, 0.3) is 5.91 Å². The number of carbonyl (C=O) groups excluding carboxylic acids is 3. The van der Waals surface area contributed by atoms with Crippen molar-refractivity contribution in [3.05, 3.63) is 30.3 Å². The van der Waals surface area contributed by atoms with Gasteiger partial charge in [-0.25, -0.2) is 9.59 Å². The molecule has 0 saturated carbocycles. The molecule has 0 aliphatic heterocycles. The van der Waals surface area contributed by atoms with Gasteiger partial charge < -0.3 is 14.8 Å². The van der Waals surface area contributed by atoms with Crippen LogP contribution in [0.2, 0.25) is 0 Å². The Hall–Kier alpha value is -2.57. The minimum absolute atomic E-state index is 0.473. The van der Waals surface area contributed by atoms with Gasteiger partial charge in [-0.1, -0.05) is 18.2 Å². The summed E-state index contributed by atoms with van der Waals surface area (Å²) in [5.41, 5.74) is -0.473. The number of imide groups is 1. The van der Waals surface area contributed by atoms with Crippen LogP contribution in [0.5, 0.6) is 5.75 Å².